The Hall–Kier alpha value is -2.69. The predicted molar refractivity (Wildman–Crippen MR) is 67.4 cm³/mol. The number of carbonyl (C=O) groups is 1. The first-order chi connectivity index (χ1) is 8.83. The number of fused-ring (bicyclic) bond motifs is 1. The van der Waals surface area contributed by atoms with Gasteiger partial charge in [0.25, 0.3) is 5.91 Å². The van der Waals surface area contributed by atoms with Crippen LogP contribution < -0.4 is 5.32 Å². The van der Waals surface area contributed by atoms with Crippen molar-refractivity contribution in [2.75, 3.05) is 5.32 Å². The Kier molecular flexibility index (Phi) is 2.49. The quantitative estimate of drug-likeness (QED) is 0.742. The van der Waals surface area contributed by atoms with E-state index in [2.05, 4.69) is 15.4 Å². The molecule has 5 nitrogen and oxygen atoms in total. The highest BCUT2D eigenvalue weighted by Crippen LogP contribution is 2.12. The summed E-state index contributed by atoms with van der Waals surface area (Å²) in [5, 5.41) is 6.93. The molecule has 88 valence electrons. The van der Waals surface area contributed by atoms with E-state index < -0.39 is 0 Å². The number of rotatable bonds is 2. The van der Waals surface area contributed by atoms with Gasteiger partial charge in [-0.25, -0.2) is 4.52 Å². The van der Waals surface area contributed by atoms with E-state index in [0.29, 0.717) is 5.56 Å². The lowest BCUT2D eigenvalue weighted by Crippen LogP contribution is -2.11. The highest BCUT2D eigenvalue weighted by molar-refractivity contribution is 6.04. The molecule has 0 aliphatic carbocycles. The van der Waals surface area contributed by atoms with Crippen LogP contribution in [0.25, 0.3) is 5.52 Å². The van der Waals surface area contributed by atoms with Crippen molar-refractivity contribution in [3.05, 3.63) is 60.7 Å². The standard InChI is InChI=1S/C13H10N4O/c18-13(10-1-5-14-6-2-10)16-11-4-8-17-12(9-11)3-7-15-17/h1-9H,(H,16,18). The number of nitrogens with zero attached hydrogens (tertiary/aromatic N) is 3. The summed E-state index contributed by atoms with van der Waals surface area (Å²) in [5.41, 5.74) is 2.26. The fourth-order valence-corrected chi connectivity index (χ4v) is 1.71. The van der Waals surface area contributed by atoms with E-state index in [-0.39, 0.29) is 5.91 Å². The summed E-state index contributed by atoms with van der Waals surface area (Å²) in [6, 6.07) is 8.90. The first kappa shape index (κ1) is 10.5. The van der Waals surface area contributed by atoms with Crippen molar-refractivity contribution >= 4 is 17.1 Å². The Morgan fingerprint density at radius 1 is 1.11 bits per heavy atom. The summed E-state index contributed by atoms with van der Waals surface area (Å²) in [6.45, 7) is 0. The van der Waals surface area contributed by atoms with E-state index in [1.807, 2.05) is 12.1 Å². The number of amides is 1. The zero-order valence-corrected chi connectivity index (χ0v) is 9.45. The summed E-state index contributed by atoms with van der Waals surface area (Å²) in [5.74, 6) is -0.152. The van der Waals surface area contributed by atoms with Crippen LogP contribution in [0.1, 0.15) is 10.4 Å². The maximum Gasteiger partial charge on any atom is 0.255 e. The summed E-state index contributed by atoms with van der Waals surface area (Å²) in [6.07, 6.45) is 6.70. The number of nitrogens with one attached hydrogen (secondary N) is 1. The van der Waals surface area contributed by atoms with Crippen LogP contribution in [0, 0.1) is 0 Å². The molecule has 0 fully saturated rings. The molecule has 0 radical (unpaired) electrons. The minimum Gasteiger partial charge on any atom is -0.322 e. The van der Waals surface area contributed by atoms with E-state index in [4.69, 9.17) is 0 Å². The average Bonchev–Trinajstić information content (AvgIpc) is 2.87. The van der Waals surface area contributed by atoms with Gasteiger partial charge in [0.05, 0.1) is 5.52 Å². The van der Waals surface area contributed by atoms with Crippen molar-refractivity contribution in [1.82, 2.24) is 14.6 Å². The summed E-state index contributed by atoms with van der Waals surface area (Å²) < 4.78 is 1.74. The van der Waals surface area contributed by atoms with Gasteiger partial charge < -0.3 is 5.32 Å². The predicted octanol–water partition coefficient (Wildman–Crippen LogP) is 1.98. The third-order valence-electron chi connectivity index (χ3n) is 2.60. The molecule has 3 rings (SSSR count). The number of hydrogen-bond acceptors (Lipinski definition) is 3. The highest BCUT2D eigenvalue weighted by atomic mass is 16.1. The van der Waals surface area contributed by atoms with Gasteiger partial charge in [0, 0.05) is 36.0 Å². The lowest BCUT2D eigenvalue weighted by Gasteiger charge is -2.05. The molecule has 5 heteroatoms. The molecule has 18 heavy (non-hydrogen) atoms. The van der Waals surface area contributed by atoms with Crippen molar-refractivity contribution in [2.24, 2.45) is 0 Å². The van der Waals surface area contributed by atoms with Gasteiger partial charge >= 0.3 is 0 Å². The Bertz CT molecular complexity index is 690. The van der Waals surface area contributed by atoms with Crippen molar-refractivity contribution in [1.29, 1.82) is 0 Å². The van der Waals surface area contributed by atoms with Crippen LogP contribution in [-0.2, 0) is 0 Å². The van der Waals surface area contributed by atoms with E-state index >= 15 is 0 Å². The maximum absolute atomic E-state index is 11.9. The summed E-state index contributed by atoms with van der Waals surface area (Å²) >= 11 is 0. The second-order valence-electron chi connectivity index (χ2n) is 3.81. The molecule has 1 amide bonds. The third kappa shape index (κ3) is 1.93. The number of aromatic nitrogens is 3. The van der Waals surface area contributed by atoms with Crippen LogP contribution in [0.15, 0.2) is 55.1 Å². The average molecular weight is 238 g/mol. The van der Waals surface area contributed by atoms with Crippen LogP contribution >= 0.6 is 0 Å². The van der Waals surface area contributed by atoms with Crippen LogP contribution in [-0.4, -0.2) is 20.5 Å². The van der Waals surface area contributed by atoms with Gasteiger partial charge in [-0.05, 0) is 30.3 Å². The van der Waals surface area contributed by atoms with Crippen molar-refractivity contribution in [3.8, 4) is 0 Å². The molecule has 0 bridgehead atoms. The van der Waals surface area contributed by atoms with Crippen LogP contribution in [0.5, 0.6) is 0 Å². The van der Waals surface area contributed by atoms with Gasteiger partial charge in [0.15, 0.2) is 0 Å². The number of anilines is 1. The fraction of sp³-hybridized carbons (Fsp3) is 0. The van der Waals surface area contributed by atoms with E-state index in [9.17, 15) is 4.79 Å². The molecule has 1 N–H and O–H groups in total. The monoisotopic (exact) mass is 238 g/mol. The fourth-order valence-electron chi connectivity index (χ4n) is 1.71. The summed E-state index contributed by atoms with van der Waals surface area (Å²) in [7, 11) is 0. The van der Waals surface area contributed by atoms with Crippen molar-refractivity contribution < 1.29 is 4.79 Å². The smallest absolute Gasteiger partial charge is 0.255 e. The minimum atomic E-state index is -0.152. The molecule has 3 aromatic rings. The Labute approximate surface area is 103 Å². The van der Waals surface area contributed by atoms with E-state index in [1.165, 1.54) is 0 Å². The SMILES string of the molecule is O=C(Nc1ccn2nccc2c1)c1ccncc1. The zero-order valence-electron chi connectivity index (χ0n) is 9.45. The molecular weight excluding hydrogens is 228 g/mol. The molecule has 0 atom stereocenters. The highest BCUT2D eigenvalue weighted by Gasteiger charge is 2.05. The number of hydrogen-bond donors (Lipinski definition) is 1. The number of pyridine rings is 2. The molecule has 3 aromatic heterocycles. The van der Waals surface area contributed by atoms with E-state index in [1.54, 1.807) is 47.5 Å². The molecule has 0 aliphatic heterocycles. The third-order valence-corrected chi connectivity index (χ3v) is 2.60. The topological polar surface area (TPSA) is 59.3 Å². The first-order valence-electron chi connectivity index (χ1n) is 5.48. The number of carbonyl (C=O) groups excluding carboxylic acids is 1. The van der Waals surface area contributed by atoms with Crippen LogP contribution in [0.4, 0.5) is 5.69 Å². The van der Waals surface area contributed by atoms with Gasteiger partial charge in [-0.1, -0.05) is 0 Å². The minimum absolute atomic E-state index is 0.152. The van der Waals surface area contributed by atoms with Gasteiger partial charge in [-0.3, -0.25) is 9.78 Å². The summed E-state index contributed by atoms with van der Waals surface area (Å²) in [4.78, 5) is 15.8. The molecular formula is C13H10N4O. The lowest BCUT2D eigenvalue weighted by molar-refractivity contribution is 0.102. The first-order valence-corrected chi connectivity index (χ1v) is 5.48. The van der Waals surface area contributed by atoms with Crippen molar-refractivity contribution in [3.63, 3.8) is 0 Å². The molecule has 0 aromatic carbocycles. The molecule has 0 unspecified atom stereocenters. The Morgan fingerprint density at radius 2 is 1.94 bits per heavy atom. The molecule has 0 saturated carbocycles. The van der Waals surface area contributed by atoms with Crippen LogP contribution in [0.3, 0.4) is 0 Å². The Morgan fingerprint density at radius 3 is 2.78 bits per heavy atom. The lowest BCUT2D eigenvalue weighted by atomic mass is 10.2. The Balaban J connectivity index is 1.86. The molecule has 0 aliphatic rings. The maximum atomic E-state index is 11.9. The van der Waals surface area contributed by atoms with Gasteiger partial charge in [0.1, 0.15) is 0 Å². The normalized spacial score (nSPS) is 10.4. The second-order valence-corrected chi connectivity index (χ2v) is 3.81. The van der Waals surface area contributed by atoms with E-state index in [0.717, 1.165) is 11.2 Å². The van der Waals surface area contributed by atoms with Gasteiger partial charge in [-0.15, -0.1) is 0 Å². The molecule has 3 heterocycles. The van der Waals surface area contributed by atoms with Gasteiger partial charge in [-0.2, -0.15) is 5.10 Å². The molecule has 0 saturated heterocycles. The zero-order chi connectivity index (χ0) is 12.4. The molecule has 0 spiro atoms. The second kappa shape index (κ2) is 4.29. The van der Waals surface area contributed by atoms with Crippen molar-refractivity contribution in [2.45, 2.75) is 0 Å². The van der Waals surface area contributed by atoms with Crippen LogP contribution in [0.2, 0.25) is 0 Å². The van der Waals surface area contributed by atoms with Gasteiger partial charge in [0.2, 0.25) is 0 Å². The largest absolute Gasteiger partial charge is 0.322 e.